The second kappa shape index (κ2) is 5.10. The first-order valence-corrected chi connectivity index (χ1v) is 6.31. The van der Waals surface area contributed by atoms with Gasteiger partial charge in [0.2, 0.25) is 0 Å². The molecule has 2 unspecified atom stereocenters. The third kappa shape index (κ3) is 3.01. The molecule has 94 valence electrons. The van der Waals surface area contributed by atoms with Gasteiger partial charge >= 0.3 is 0 Å². The summed E-state index contributed by atoms with van der Waals surface area (Å²) in [6.45, 7) is 4.87. The number of ether oxygens (including phenoxy) is 1. The third-order valence-electron chi connectivity index (χ3n) is 3.20. The van der Waals surface area contributed by atoms with Crippen molar-refractivity contribution in [1.82, 2.24) is 9.97 Å². The van der Waals surface area contributed by atoms with Crippen LogP contribution < -0.4 is 5.73 Å². The summed E-state index contributed by atoms with van der Waals surface area (Å²) in [4.78, 5) is 8.87. The number of aromatic nitrogens is 2. The minimum atomic E-state index is -0.300. The van der Waals surface area contributed by atoms with Crippen LogP contribution in [0.1, 0.15) is 44.5 Å². The highest BCUT2D eigenvalue weighted by Gasteiger charge is 2.32. The highest BCUT2D eigenvalue weighted by molar-refractivity contribution is 5.10. The highest BCUT2D eigenvalue weighted by Crippen LogP contribution is 2.32. The summed E-state index contributed by atoms with van der Waals surface area (Å²) in [6, 6.07) is 0.144. The molecule has 0 bridgehead atoms. The predicted molar refractivity (Wildman–Crippen MR) is 66.5 cm³/mol. The molecule has 4 heteroatoms. The Kier molecular flexibility index (Phi) is 3.74. The lowest BCUT2D eigenvalue weighted by Crippen LogP contribution is -2.32. The van der Waals surface area contributed by atoms with Gasteiger partial charge in [0.05, 0.1) is 0 Å². The van der Waals surface area contributed by atoms with Crippen LogP contribution in [0, 0.1) is 0 Å². The maximum atomic E-state index is 5.82. The van der Waals surface area contributed by atoms with Crippen molar-refractivity contribution in [2.24, 2.45) is 5.73 Å². The van der Waals surface area contributed by atoms with Gasteiger partial charge in [0.15, 0.2) is 5.82 Å². The minimum absolute atomic E-state index is 0.144. The van der Waals surface area contributed by atoms with Crippen LogP contribution in [0.25, 0.3) is 0 Å². The molecular weight excluding hydrogens is 214 g/mol. The lowest BCUT2D eigenvalue weighted by atomic mass is 9.95. The van der Waals surface area contributed by atoms with Gasteiger partial charge in [0.1, 0.15) is 5.60 Å². The zero-order valence-electron chi connectivity index (χ0n) is 10.6. The molecule has 1 aromatic heterocycles. The van der Waals surface area contributed by atoms with Gasteiger partial charge < -0.3 is 10.5 Å². The highest BCUT2D eigenvalue weighted by atomic mass is 16.5. The average Bonchev–Trinajstić information content (AvgIpc) is 2.30. The maximum Gasteiger partial charge on any atom is 0.159 e. The Labute approximate surface area is 103 Å². The Morgan fingerprint density at radius 1 is 1.41 bits per heavy atom. The van der Waals surface area contributed by atoms with E-state index in [4.69, 9.17) is 10.5 Å². The number of nitrogens with zero attached hydrogens (tertiary/aromatic N) is 2. The summed E-state index contributed by atoms with van der Waals surface area (Å²) in [6.07, 6.45) is 7.88. The van der Waals surface area contributed by atoms with Crippen LogP contribution in [0.3, 0.4) is 0 Å². The molecular formula is C13H21N3O. The first-order valence-electron chi connectivity index (χ1n) is 6.31. The Bertz CT molecular complexity index is 355. The predicted octanol–water partition coefficient (Wildman–Crippen LogP) is 1.78. The summed E-state index contributed by atoms with van der Waals surface area (Å²) >= 11 is 0. The lowest BCUT2D eigenvalue weighted by Gasteiger charge is -2.32. The minimum Gasteiger partial charge on any atom is -0.367 e. The fraction of sp³-hybridized carbons (Fsp3) is 0.692. The van der Waals surface area contributed by atoms with Gasteiger partial charge in [0, 0.05) is 25.0 Å². The fourth-order valence-electron chi connectivity index (χ4n) is 2.22. The second-order valence-corrected chi connectivity index (χ2v) is 5.13. The van der Waals surface area contributed by atoms with Gasteiger partial charge in [-0.15, -0.1) is 0 Å². The van der Waals surface area contributed by atoms with Gasteiger partial charge in [-0.2, -0.15) is 0 Å². The molecule has 2 N–H and O–H groups in total. The molecule has 17 heavy (non-hydrogen) atoms. The van der Waals surface area contributed by atoms with E-state index >= 15 is 0 Å². The van der Waals surface area contributed by atoms with Gasteiger partial charge in [-0.3, -0.25) is 0 Å². The largest absolute Gasteiger partial charge is 0.367 e. The van der Waals surface area contributed by atoms with Crippen molar-refractivity contribution in [3.63, 3.8) is 0 Å². The van der Waals surface area contributed by atoms with Crippen LogP contribution in [0.2, 0.25) is 0 Å². The van der Waals surface area contributed by atoms with Crippen molar-refractivity contribution in [2.75, 3.05) is 6.61 Å². The zero-order valence-corrected chi connectivity index (χ0v) is 10.6. The van der Waals surface area contributed by atoms with E-state index in [1.54, 1.807) is 0 Å². The van der Waals surface area contributed by atoms with E-state index in [0.717, 1.165) is 37.3 Å². The Morgan fingerprint density at radius 3 is 2.65 bits per heavy atom. The normalized spacial score (nSPS) is 26.8. The zero-order chi connectivity index (χ0) is 12.3. The molecule has 2 atom stereocenters. The van der Waals surface area contributed by atoms with Crippen LogP contribution in [0.5, 0.6) is 0 Å². The smallest absolute Gasteiger partial charge is 0.159 e. The summed E-state index contributed by atoms with van der Waals surface area (Å²) < 4.78 is 5.82. The SMILES string of the molecule is CC(N)Cc1cnc(C2(C)CCCCO2)nc1. The van der Waals surface area contributed by atoms with Crippen molar-refractivity contribution in [3.05, 3.63) is 23.8 Å². The van der Waals surface area contributed by atoms with Gasteiger partial charge in [-0.1, -0.05) is 0 Å². The first-order chi connectivity index (χ1) is 8.10. The van der Waals surface area contributed by atoms with E-state index in [0.29, 0.717) is 0 Å². The molecule has 0 radical (unpaired) electrons. The number of nitrogens with two attached hydrogens (primary N) is 1. The molecule has 0 saturated carbocycles. The quantitative estimate of drug-likeness (QED) is 0.867. The number of hydrogen-bond donors (Lipinski definition) is 1. The standard InChI is InChI=1S/C13H21N3O/c1-10(14)7-11-8-15-12(16-9-11)13(2)5-3-4-6-17-13/h8-10H,3-7,14H2,1-2H3. The summed E-state index contributed by atoms with van der Waals surface area (Å²) in [5, 5.41) is 0. The molecule has 1 aliphatic rings. The molecule has 0 aromatic carbocycles. The van der Waals surface area contributed by atoms with Crippen molar-refractivity contribution in [2.45, 2.75) is 51.2 Å². The van der Waals surface area contributed by atoms with Crippen molar-refractivity contribution < 1.29 is 4.74 Å². The van der Waals surface area contributed by atoms with E-state index in [2.05, 4.69) is 16.9 Å². The molecule has 1 aromatic rings. The van der Waals surface area contributed by atoms with Gasteiger partial charge in [0.25, 0.3) is 0 Å². The number of hydrogen-bond acceptors (Lipinski definition) is 4. The van der Waals surface area contributed by atoms with Crippen LogP contribution >= 0.6 is 0 Å². The fourth-order valence-corrected chi connectivity index (χ4v) is 2.22. The topological polar surface area (TPSA) is 61.0 Å². The van der Waals surface area contributed by atoms with Crippen LogP contribution in [0.4, 0.5) is 0 Å². The van der Waals surface area contributed by atoms with Crippen molar-refractivity contribution >= 4 is 0 Å². The molecule has 0 amide bonds. The van der Waals surface area contributed by atoms with Crippen LogP contribution in [-0.2, 0) is 16.8 Å². The second-order valence-electron chi connectivity index (χ2n) is 5.13. The molecule has 0 spiro atoms. The van der Waals surface area contributed by atoms with E-state index in [1.165, 1.54) is 6.42 Å². The molecule has 1 saturated heterocycles. The van der Waals surface area contributed by atoms with E-state index in [-0.39, 0.29) is 11.6 Å². The summed E-state index contributed by atoms with van der Waals surface area (Å²) in [7, 11) is 0. The third-order valence-corrected chi connectivity index (χ3v) is 3.20. The molecule has 1 fully saturated rings. The molecule has 2 heterocycles. The molecule has 0 aliphatic carbocycles. The lowest BCUT2D eigenvalue weighted by molar-refractivity contribution is -0.0760. The maximum absolute atomic E-state index is 5.82. The summed E-state index contributed by atoms with van der Waals surface area (Å²) in [5.74, 6) is 0.797. The molecule has 1 aliphatic heterocycles. The van der Waals surface area contributed by atoms with E-state index in [1.807, 2.05) is 19.3 Å². The Hall–Kier alpha value is -1.00. The van der Waals surface area contributed by atoms with Gasteiger partial charge in [-0.25, -0.2) is 9.97 Å². The van der Waals surface area contributed by atoms with Crippen LogP contribution in [-0.4, -0.2) is 22.6 Å². The summed E-state index contributed by atoms with van der Waals surface area (Å²) in [5.41, 5.74) is 6.54. The first kappa shape index (κ1) is 12.5. The van der Waals surface area contributed by atoms with Crippen molar-refractivity contribution in [3.8, 4) is 0 Å². The Balaban J connectivity index is 2.11. The monoisotopic (exact) mass is 235 g/mol. The molecule has 2 rings (SSSR count). The van der Waals surface area contributed by atoms with Crippen molar-refractivity contribution in [1.29, 1.82) is 0 Å². The molecule has 4 nitrogen and oxygen atoms in total. The van der Waals surface area contributed by atoms with E-state index < -0.39 is 0 Å². The average molecular weight is 235 g/mol. The van der Waals surface area contributed by atoms with Crippen LogP contribution in [0.15, 0.2) is 12.4 Å². The van der Waals surface area contributed by atoms with E-state index in [9.17, 15) is 0 Å². The Morgan fingerprint density at radius 2 is 2.12 bits per heavy atom. The number of rotatable bonds is 3. The van der Waals surface area contributed by atoms with Gasteiger partial charge in [-0.05, 0) is 45.1 Å².